The molecule has 0 radical (unpaired) electrons. The van der Waals surface area contributed by atoms with E-state index in [-0.39, 0.29) is 31.5 Å². The molecule has 0 saturated carbocycles. The number of hydroxylamine groups is 3. The van der Waals surface area contributed by atoms with Gasteiger partial charge >= 0.3 is 5.91 Å². The molecule has 0 bridgehead atoms. The van der Waals surface area contributed by atoms with Crippen molar-refractivity contribution in [2.45, 2.75) is 39.2 Å². The minimum Gasteiger partial charge on any atom is -0.625 e. The zero-order valence-electron chi connectivity index (χ0n) is 19.6. The van der Waals surface area contributed by atoms with E-state index in [0.717, 1.165) is 28.6 Å². The largest absolute Gasteiger partial charge is 0.625 e. The number of nitrogens with zero attached hydrogens (tertiary/aromatic N) is 4. The first-order valence-electron chi connectivity index (χ1n) is 11.8. The van der Waals surface area contributed by atoms with Gasteiger partial charge in [0.15, 0.2) is 0 Å². The lowest BCUT2D eigenvalue weighted by atomic mass is 9.89. The molecular weight excluding hydrogens is 492 g/mol. The van der Waals surface area contributed by atoms with E-state index in [2.05, 4.69) is 57.9 Å². The Kier molecular flexibility index (Phi) is 6.37. The second-order valence-corrected chi connectivity index (χ2v) is 10.4. The van der Waals surface area contributed by atoms with E-state index < -0.39 is 4.65 Å². The van der Waals surface area contributed by atoms with Crippen molar-refractivity contribution in [2.75, 3.05) is 26.2 Å². The Labute approximate surface area is 208 Å². The lowest BCUT2D eigenvalue weighted by Gasteiger charge is -2.48. The predicted molar refractivity (Wildman–Crippen MR) is 135 cm³/mol. The predicted octanol–water partition coefficient (Wildman–Crippen LogP) is 4.44. The normalized spacial score (nSPS) is 19.7. The lowest BCUT2D eigenvalue weighted by Crippen LogP contribution is -2.60. The Morgan fingerprint density at radius 3 is 2.56 bits per heavy atom. The number of hydrogen-bond acceptors (Lipinski definition) is 5. The number of pyridine rings is 2. The smallest absolute Gasteiger partial charge is 0.318 e. The fraction of sp³-hybridized carbons (Fsp3) is 0.370. The molecule has 1 amide bonds. The topological polar surface area (TPSA) is 69.2 Å². The molecule has 1 aliphatic carbocycles. The number of benzene rings is 1. The molecule has 3 aromatic rings. The van der Waals surface area contributed by atoms with Crippen molar-refractivity contribution in [1.82, 2.24) is 14.9 Å². The molecule has 1 aromatic carbocycles. The van der Waals surface area contributed by atoms with Crippen LogP contribution in [0.2, 0.25) is 0 Å². The van der Waals surface area contributed by atoms with Gasteiger partial charge in [-0.3, -0.25) is 19.5 Å². The van der Waals surface area contributed by atoms with Gasteiger partial charge in [0.1, 0.15) is 0 Å². The van der Waals surface area contributed by atoms with Crippen LogP contribution in [0.25, 0.3) is 0 Å². The van der Waals surface area contributed by atoms with Gasteiger partial charge in [-0.1, -0.05) is 12.1 Å². The maximum Gasteiger partial charge on any atom is 0.318 e. The number of carbonyl (C=O) groups excluding carboxylic acids is 1. The van der Waals surface area contributed by atoms with Crippen molar-refractivity contribution >= 4 is 21.8 Å². The van der Waals surface area contributed by atoms with Gasteiger partial charge in [0.05, 0.1) is 31.2 Å². The Morgan fingerprint density at radius 1 is 1.12 bits per heavy atom. The number of carbonyl (C=O) groups is 1. The molecule has 2 aromatic heterocycles. The van der Waals surface area contributed by atoms with Crippen molar-refractivity contribution < 1.29 is 9.44 Å². The van der Waals surface area contributed by atoms with Gasteiger partial charge in [0.2, 0.25) is 0 Å². The van der Waals surface area contributed by atoms with Crippen LogP contribution in [-0.4, -0.2) is 51.6 Å². The summed E-state index contributed by atoms with van der Waals surface area (Å²) >= 11 is 3.59. The average Bonchev–Trinajstić information content (AvgIpc) is 3.00. The second-order valence-electron chi connectivity index (χ2n) is 9.49. The van der Waals surface area contributed by atoms with Gasteiger partial charge in [-0.05, 0) is 94.2 Å². The number of piperazine rings is 1. The number of halogens is 1. The molecule has 0 N–H and O–H groups in total. The summed E-state index contributed by atoms with van der Waals surface area (Å²) in [4.78, 5) is 24.2. The molecule has 1 aliphatic heterocycles. The third kappa shape index (κ3) is 4.33. The minimum atomic E-state index is -0.772. The quantitative estimate of drug-likeness (QED) is 0.377. The summed E-state index contributed by atoms with van der Waals surface area (Å²) in [6.45, 7) is 5.98. The third-order valence-corrected chi connectivity index (χ3v) is 7.81. The standard InChI is InChI=1S/C27H29BrN4O2/c1-18-3-4-19(2)25-23(18)6-5-21-16-22(28)17-30-26(21)27(25)31-11-13-32(34,14-12-31)24(33)15-20-7-9-29-10-8-20/h3-4,7-10,16-17,27H,5-6,11-15H2,1-2H3. The number of rotatable bonds is 3. The van der Waals surface area contributed by atoms with Crippen LogP contribution in [-0.2, 0) is 24.1 Å². The van der Waals surface area contributed by atoms with Gasteiger partial charge in [0.25, 0.3) is 0 Å². The molecule has 1 fully saturated rings. The molecule has 34 heavy (non-hydrogen) atoms. The minimum absolute atomic E-state index is 0.00968. The highest BCUT2D eigenvalue weighted by atomic mass is 79.9. The fourth-order valence-electron chi connectivity index (χ4n) is 5.42. The molecule has 6 nitrogen and oxygen atoms in total. The summed E-state index contributed by atoms with van der Waals surface area (Å²) in [7, 11) is 0. The van der Waals surface area contributed by atoms with Gasteiger partial charge in [-0.2, -0.15) is 0 Å². The van der Waals surface area contributed by atoms with E-state index in [9.17, 15) is 10.0 Å². The SMILES string of the molecule is Cc1ccc(C)c2c1CCc1cc(Br)cnc1C2N1CC[N+]([O-])(C(=O)Cc2ccncc2)CC1. The molecular formula is C27H29BrN4O2. The maximum atomic E-state index is 13.5. The van der Waals surface area contributed by atoms with Gasteiger partial charge in [-0.25, -0.2) is 4.79 Å². The number of aromatic nitrogens is 2. The highest BCUT2D eigenvalue weighted by Gasteiger charge is 2.38. The van der Waals surface area contributed by atoms with E-state index in [1.165, 1.54) is 27.8 Å². The Hall–Kier alpha value is -2.45. The number of fused-ring (bicyclic) bond motifs is 2. The number of hydrogen-bond donors (Lipinski definition) is 0. The number of amides is 1. The first kappa shape index (κ1) is 23.3. The first-order valence-corrected chi connectivity index (χ1v) is 12.6. The summed E-state index contributed by atoms with van der Waals surface area (Å²) in [5.74, 6) is -0.276. The monoisotopic (exact) mass is 520 g/mol. The Morgan fingerprint density at radius 2 is 1.82 bits per heavy atom. The Balaban J connectivity index is 1.45. The van der Waals surface area contributed by atoms with Crippen molar-refractivity contribution in [3.8, 4) is 0 Å². The zero-order chi connectivity index (χ0) is 23.9. The Bertz CT molecular complexity index is 1220. The van der Waals surface area contributed by atoms with E-state index in [4.69, 9.17) is 4.98 Å². The van der Waals surface area contributed by atoms with Crippen molar-refractivity contribution in [3.05, 3.63) is 97.7 Å². The number of quaternary nitrogens is 1. The molecule has 3 heterocycles. The van der Waals surface area contributed by atoms with Gasteiger partial charge in [-0.15, -0.1) is 0 Å². The van der Waals surface area contributed by atoms with Crippen molar-refractivity contribution in [3.63, 3.8) is 0 Å². The maximum absolute atomic E-state index is 13.5. The van der Waals surface area contributed by atoms with E-state index >= 15 is 0 Å². The van der Waals surface area contributed by atoms with Crippen LogP contribution >= 0.6 is 15.9 Å². The molecule has 5 rings (SSSR count). The molecule has 0 spiro atoms. The third-order valence-electron chi connectivity index (χ3n) is 7.38. The molecule has 2 aliphatic rings. The highest BCUT2D eigenvalue weighted by Crippen LogP contribution is 2.40. The van der Waals surface area contributed by atoms with Crippen LogP contribution in [0.5, 0.6) is 0 Å². The van der Waals surface area contributed by atoms with Crippen LogP contribution in [0.15, 0.2) is 53.4 Å². The molecule has 176 valence electrons. The van der Waals surface area contributed by atoms with Crippen LogP contribution in [0.1, 0.15) is 45.1 Å². The molecule has 1 unspecified atom stereocenters. The van der Waals surface area contributed by atoms with Crippen LogP contribution < -0.4 is 0 Å². The van der Waals surface area contributed by atoms with E-state index in [1.54, 1.807) is 24.5 Å². The van der Waals surface area contributed by atoms with Gasteiger partial charge in [0, 0.05) is 36.2 Å². The van der Waals surface area contributed by atoms with E-state index in [0.29, 0.717) is 13.1 Å². The summed E-state index contributed by atoms with van der Waals surface area (Å²) in [6.07, 6.45) is 7.26. The summed E-state index contributed by atoms with van der Waals surface area (Å²) in [5, 5.41) is 13.5. The fourth-order valence-corrected chi connectivity index (χ4v) is 5.80. The lowest BCUT2D eigenvalue weighted by molar-refractivity contribution is -0.810. The molecule has 7 heteroatoms. The zero-order valence-corrected chi connectivity index (χ0v) is 21.2. The van der Waals surface area contributed by atoms with Crippen LogP contribution in [0.4, 0.5) is 0 Å². The molecule has 1 saturated heterocycles. The van der Waals surface area contributed by atoms with Gasteiger partial charge < -0.3 is 5.21 Å². The number of aryl methyl sites for hydroxylation is 3. The van der Waals surface area contributed by atoms with Crippen LogP contribution in [0, 0.1) is 19.1 Å². The first-order chi connectivity index (χ1) is 16.4. The average molecular weight is 521 g/mol. The highest BCUT2D eigenvalue weighted by molar-refractivity contribution is 9.10. The summed E-state index contributed by atoms with van der Waals surface area (Å²) < 4.78 is 0.214. The van der Waals surface area contributed by atoms with Crippen LogP contribution in [0.3, 0.4) is 0 Å². The summed E-state index contributed by atoms with van der Waals surface area (Å²) in [5.41, 5.74) is 8.43. The van der Waals surface area contributed by atoms with E-state index in [1.807, 2.05) is 6.20 Å². The van der Waals surface area contributed by atoms with Crippen molar-refractivity contribution in [1.29, 1.82) is 0 Å². The van der Waals surface area contributed by atoms with Crippen molar-refractivity contribution in [2.24, 2.45) is 0 Å². The molecule has 1 atom stereocenters. The summed E-state index contributed by atoms with van der Waals surface area (Å²) in [6, 6.07) is 10.2. The second kappa shape index (κ2) is 9.30.